The summed E-state index contributed by atoms with van der Waals surface area (Å²) in [5.41, 5.74) is 0.471. The Hall–Kier alpha value is -3.60. The predicted octanol–water partition coefficient (Wildman–Crippen LogP) is 4.73. The van der Waals surface area contributed by atoms with E-state index in [0.29, 0.717) is 35.3 Å². The zero-order valence-electron chi connectivity index (χ0n) is 24.3. The van der Waals surface area contributed by atoms with Gasteiger partial charge in [-0.15, -0.1) is 0 Å². The van der Waals surface area contributed by atoms with Crippen molar-refractivity contribution in [1.82, 2.24) is 10.1 Å². The highest BCUT2D eigenvalue weighted by molar-refractivity contribution is 6.45. The van der Waals surface area contributed by atoms with Crippen molar-refractivity contribution in [2.24, 2.45) is 0 Å². The van der Waals surface area contributed by atoms with E-state index < -0.39 is 0 Å². The lowest BCUT2D eigenvalue weighted by molar-refractivity contribution is 0.0864. The maximum absolute atomic E-state index is 11.3. The van der Waals surface area contributed by atoms with E-state index in [0.717, 1.165) is 60.8 Å². The molecular formula is C33H37BN2O7. The Balaban J connectivity index is 0.000000141. The Morgan fingerprint density at radius 2 is 1.19 bits per heavy atom. The molecule has 0 saturated carbocycles. The lowest BCUT2D eigenvalue weighted by Gasteiger charge is -2.39. The van der Waals surface area contributed by atoms with Gasteiger partial charge in [0.1, 0.15) is 34.9 Å². The van der Waals surface area contributed by atoms with Crippen LogP contribution in [-0.2, 0) is 0 Å². The number of rotatable bonds is 5. The summed E-state index contributed by atoms with van der Waals surface area (Å²) in [6, 6.07) is 19.7. The van der Waals surface area contributed by atoms with Crippen molar-refractivity contribution in [2.75, 3.05) is 0 Å². The van der Waals surface area contributed by atoms with Gasteiger partial charge in [0, 0.05) is 59.2 Å². The number of hydrogen-bond acceptors (Lipinski definition) is 9. The molecule has 4 bridgehead atoms. The van der Waals surface area contributed by atoms with Crippen LogP contribution in [0.3, 0.4) is 0 Å². The molecule has 4 aliphatic heterocycles. The molecule has 2 N–H and O–H groups in total. The number of ether oxygens (including phenoxy) is 2. The number of piperidine rings is 2. The standard InChI is InChI=1S/C17H20BNO4.C16H17NO3/c1-18(21)19-12-4-5-13(19)9-15(8-12)22-14-6-2-11-3-7-17(20)23-16(11)10-14;18-16-6-2-10-1-5-13(9-15(10)20-16)19-14-7-11-3-4-12(8-14)17-11/h2-3,6-7,10,12-13,15,21H,4-5,8-9H2,1H3;1-2,5-6,9,11-12,14,17H,3-4,7-8H2/t12-,13?,15?;11-,12+,14?/m1./s1. The summed E-state index contributed by atoms with van der Waals surface area (Å²) in [5, 5.41) is 15.3. The smallest absolute Gasteiger partial charge is 0.376 e. The maximum atomic E-state index is 11.3. The van der Waals surface area contributed by atoms with Crippen LogP contribution >= 0.6 is 0 Å². The first kappa shape index (κ1) is 28.2. The summed E-state index contributed by atoms with van der Waals surface area (Å²) in [6.07, 6.45) is 9.17. The van der Waals surface area contributed by atoms with Gasteiger partial charge in [-0.05, 0) is 94.6 Å². The van der Waals surface area contributed by atoms with Gasteiger partial charge in [-0.3, -0.25) is 0 Å². The van der Waals surface area contributed by atoms with Crippen molar-refractivity contribution in [2.45, 2.75) is 94.6 Å². The first-order chi connectivity index (χ1) is 20.9. The van der Waals surface area contributed by atoms with E-state index in [1.165, 1.54) is 25.0 Å². The van der Waals surface area contributed by atoms with Crippen LogP contribution in [0.4, 0.5) is 0 Å². The molecule has 2 aromatic heterocycles. The van der Waals surface area contributed by atoms with Crippen molar-refractivity contribution in [3.63, 3.8) is 0 Å². The van der Waals surface area contributed by atoms with E-state index in [2.05, 4.69) is 10.1 Å². The van der Waals surface area contributed by atoms with Crippen LogP contribution in [-0.4, -0.2) is 53.3 Å². The normalized spacial score (nSPS) is 28.0. The van der Waals surface area contributed by atoms with Crippen LogP contribution in [0.2, 0.25) is 6.82 Å². The minimum atomic E-state index is -0.386. The first-order valence-electron chi connectivity index (χ1n) is 15.5. The van der Waals surface area contributed by atoms with E-state index in [4.69, 9.17) is 18.3 Å². The topological polar surface area (TPSA) is 114 Å². The average Bonchev–Trinajstić information content (AvgIpc) is 3.47. The second-order valence-corrected chi connectivity index (χ2v) is 12.4. The zero-order valence-corrected chi connectivity index (χ0v) is 24.3. The van der Waals surface area contributed by atoms with E-state index in [1.54, 1.807) is 18.2 Å². The molecule has 2 aromatic carbocycles. The fourth-order valence-corrected chi connectivity index (χ4v) is 7.58. The van der Waals surface area contributed by atoms with Crippen LogP contribution in [0.1, 0.15) is 51.4 Å². The van der Waals surface area contributed by atoms with Gasteiger partial charge in [-0.25, -0.2) is 9.59 Å². The summed E-state index contributed by atoms with van der Waals surface area (Å²) < 4.78 is 22.6. The Morgan fingerprint density at radius 1 is 0.721 bits per heavy atom. The van der Waals surface area contributed by atoms with Gasteiger partial charge in [0.15, 0.2) is 0 Å². The summed E-state index contributed by atoms with van der Waals surface area (Å²) >= 11 is 0. The number of fused-ring (bicyclic) bond motifs is 6. The van der Waals surface area contributed by atoms with Crippen molar-refractivity contribution in [1.29, 1.82) is 0 Å². The molecule has 3 unspecified atom stereocenters. The highest BCUT2D eigenvalue weighted by Gasteiger charge is 2.44. The molecule has 4 aromatic rings. The van der Waals surface area contributed by atoms with Crippen molar-refractivity contribution < 1.29 is 23.3 Å². The Bertz CT molecular complexity index is 1700. The summed E-state index contributed by atoms with van der Waals surface area (Å²) in [6.45, 7) is 1.85. The van der Waals surface area contributed by atoms with E-state index in [1.807, 2.05) is 37.2 Å². The predicted molar refractivity (Wildman–Crippen MR) is 165 cm³/mol. The Kier molecular flexibility index (Phi) is 7.75. The average molecular weight is 584 g/mol. The number of nitrogens with zero attached hydrogens (tertiary/aromatic N) is 1. The Labute approximate surface area is 249 Å². The van der Waals surface area contributed by atoms with E-state index in [-0.39, 0.29) is 30.5 Å². The molecule has 4 saturated heterocycles. The molecule has 0 aliphatic carbocycles. The number of benzene rings is 2. The molecule has 0 amide bonds. The van der Waals surface area contributed by atoms with E-state index >= 15 is 0 Å². The largest absolute Gasteiger partial charge is 0.490 e. The van der Waals surface area contributed by atoms with Crippen LogP contribution < -0.4 is 26.0 Å². The lowest BCUT2D eigenvalue weighted by Crippen LogP contribution is -2.52. The molecule has 8 rings (SSSR count). The van der Waals surface area contributed by atoms with Crippen molar-refractivity contribution in [3.05, 3.63) is 81.5 Å². The van der Waals surface area contributed by atoms with Crippen molar-refractivity contribution >= 4 is 29.0 Å². The fraction of sp³-hybridized carbons (Fsp3) is 0.455. The van der Waals surface area contributed by atoms with Gasteiger partial charge in [-0.2, -0.15) is 0 Å². The third kappa shape index (κ3) is 6.23. The summed E-state index contributed by atoms with van der Waals surface area (Å²) in [4.78, 5) is 24.8. The summed E-state index contributed by atoms with van der Waals surface area (Å²) in [7, 11) is -0.386. The molecule has 10 heteroatoms. The summed E-state index contributed by atoms with van der Waals surface area (Å²) in [5.74, 6) is 1.53. The second kappa shape index (κ2) is 11.8. The molecule has 9 nitrogen and oxygen atoms in total. The highest BCUT2D eigenvalue weighted by atomic mass is 16.5. The quantitative estimate of drug-likeness (QED) is 0.254. The lowest BCUT2D eigenvalue weighted by atomic mass is 9.79. The van der Waals surface area contributed by atoms with Gasteiger partial charge in [0.2, 0.25) is 0 Å². The van der Waals surface area contributed by atoms with Crippen LogP contribution in [0.15, 0.2) is 79.1 Å². The molecule has 4 aliphatic rings. The van der Waals surface area contributed by atoms with Gasteiger partial charge in [0.05, 0.1) is 0 Å². The van der Waals surface area contributed by atoms with Crippen LogP contribution in [0.25, 0.3) is 21.9 Å². The molecule has 224 valence electrons. The fourth-order valence-electron chi connectivity index (χ4n) is 7.58. The van der Waals surface area contributed by atoms with Gasteiger partial charge >= 0.3 is 18.3 Å². The zero-order chi connectivity index (χ0) is 29.5. The van der Waals surface area contributed by atoms with Gasteiger partial charge in [0.25, 0.3) is 0 Å². The number of hydrogen-bond donors (Lipinski definition) is 2. The third-order valence-electron chi connectivity index (χ3n) is 9.40. The minimum Gasteiger partial charge on any atom is -0.490 e. The highest BCUT2D eigenvalue weighted by Crippen LogP contribution is 2.38. The van der Waals surface area contributed by atoms with E-state index in [9.17, 15) is 14.6 Å². The van der Waals surface area contributed by atoms with Crippen LogP contribution in [0, 0.1) is 0 Å². The molecular weight excluding hydrogens is 547 g/mol. The first-order valence-corrected chi connectivity index (χ1v) is 15.5. The third-order valence-corrected chi connectivity index (χ3v) is 9.40. The van der Waals surface area contributed by atoms with Crippen molar-refractivity contribution in [3.8, 4) is 11.5 Å². The molecule has 6 atom stereocenters. The van der Waals surface area contributed by atoms with Crippen LogP contribution in [0.5, 0.6) is 11.5 Å². The van der Waals surface area contributed by atoms with Gasteiger partial charge in [-0.1, -0.05) is 0 Å². The molecule has 6 heterocycles. The maximum Gasteiger partial charge on any atom is 0.376 e. The monoisotopic (exact) mass is 584 g/mol. The molecule has 4 fully saturated rings. The van der Waals surface area contributed by atoms with Gasteiger partial charge < -0.3 is 33.5 Å². The minimum absolute atomic E-state index is 0.149. The molecule has 43 heavy (non-hydrogen) atoms. The molecule has 0 radical (unpaired) electrons. The number of nitrogens with one attached hydrogen (secondary N) is 1. The Morgan fingerprint density at radius 3 is 1.67 bits per heavy atom. The second-order valence-electron chi connectivity index (χ2n) is 12.4. The SMILES string of the molecule is CB(O)N1C2CC[C@@H]1CC(Oc1ccc3ccc(=O)oc3c1)C2.O=c1ccc2ccc(OC3C[C@H]4CC[C@@H](C3)N4)cc2o1. The molecule has 0 spiro atoms.